The molecule has 1 saturated heterocycles. The first-order chi connectivity index (χ1) is 9.28. The van der Waals surface area contributed by atoms with Crippen molar-refractivity contribution >= 4 is 23.5 Å². The summed E-state index contributed by atoms with van der Waals surface area (Å²) in [5, 5.41) is 6.50. The molecule has 1 atom stereocenters. The molecule has 2 heterocycles. The van der Waals surface area contributed by atoms with Crippen LogP contribution in [0, 0.1) is 5.92 Å². The number of rotatable bonds is 7. The summed E-state index contributed by atoms with van der Waals surface area (Å²) in [6, 6.07) is 0. The first-order valence-corrected chi connectivity index (χ1v) is 7.12. The van der Waals surface area contributed by atoms with Crippen LogP contribution in [0.5, 0.6) is 0 Å². The van der Waals surface area contributed by atoms with E-state index in [0.29, 0.717) is 17.8 Å². The number of hydrogen-bond donors (Lipinski definition) is 2. The molecule has 0 aromatic carbocycles. The fraction of sp³-hybridized carbons (Fsp3) is 0.750. The van der Waals surface area contributed by atoms with Crippen LogP contribution in [0.25, 0.3) is 0 Å². The average molecular weight is 286 g/mol. The fourth-order valence-electron chi connectivity index (χ4n) is 1.94. The third kappa shape index (κ3) is 4.80. The van der Waals surface area contributed by atoms with Crippen molar-refractivity contribution in [2.75, 3.05) is 36.9 Å². The van der Waals surface area contributed by atoms with Crippen molar-refractivity contribution in [3.05, 3.63) is 5.28 Å². The predicted octanol–water partition coefficient (Wildman–Crippen LogP) is 2.19. The van der Waals surface area contributed by atoms with Crippen molar-refractivity contribution in [1.82, 2.24) is 15.0 Å². The molecule has 0 amide bonds. The zero-order chi connectivity index (χ0) is 13.5. The maximum atomic E-state index is 5.87. The Kier molecular flexibility index (Phi) is 5.60. The molecule has 0 saturated carbocycles. The van der Waals surface area contributed by atoms with Gasteiger partial charge in [0, 0.05) is 26.3 Å². The van der Waals surface area contributed by atoms with E-state index < -0.39 is 0 Å². The molecule has 0 spiro atoms. The van der Waals surface area contributed by atoms with Gasteiger partial charge in [0.1, 0.15) is 0 Å². The first kappa shape index (κ1) is 14.3. The molecular weight excluding hydrogens is 266 g/mol. The lowest BCUT2D eigenvalue weighted by Gasteiger charge is -2.10. The molecule has 19 heavy (non-hydrogen) atoms. The van der Waals surface area contributed by atoms with Gasteiger partial charge in [0.15, 0.2) is 0 Å². The molecule has 2 rings (SSSR count). The maximum absolute atomic E-state index is 5.87. The highest BCUT2D eigenvalue weighted by Crippen LogP contribution is 2.16. The SMILES string of the molecule is CCCNc1nc(Cl)nc(NCCC2CCOC2)n1. The number of nitrogens with one attached hydrogen (secondary N) is 2. The van der Waals surface area contributed by atoms with Crippen molar-refractivity contribution in [3.8, 4) is 0 Å². The molecule has 6 nitrogen and oxygen atoms in total. The molecule has 1 aromatic rings. The summed E-state index contributed by atoms with van der Waals surface area (Å²) in [6.45, 7) is 5.47. The Bertz CT molecular complexity index is 398. The van der Waals surface area contributed by atoms with E-state index in [9.17, 15) is 0 Å². The van der Waals surface area contributed by atoms with Crippen LogP contribution in [0.15, 0.2) is 0 Å². The van der Waals surface area contributed by atoms with Gasteiger partial charge in [-0.15, -0.1) is 0 Å². The molecule has 7 heteroatoms. The lowest BCUT2D eigenvalue weighted by molar-refractivity contribution is 0.185. The largest absolute Gasteiger partial charge is 0.381 e. The van der Waals surface area contributed by atoms with E-state index in [1.54, 1.807) is 0 Å². The lowest BCUT2D eigenvalue weighted by Crippen LogP contribution is -2.13. The standard InChI is InChI=1S/C12H20ClN5O/c1-2-5-14-11-16-10(13)17-12(18-11)15-6-3-9-4-7-19-8-9/h9H,2-8H2,1H3,(H2,14,15,16,17,18). The third-order valence-electron chi connectivity index (χ3n) is 3.00. The van der Waals surface area contributed by atoms with Crippen LogP contribution in [0.2, 0.25) is 5.28 Å². The second-order valence-corrected chi connectivity index (χ2v) is 4.96. The average Bonchev–Trinajstić information content (AvgIpc) is 2.89. The summed E-state index contributed by atoms with van der Waals surface area (Å²) in [6.07, 6.45) is 3.21. The van der Waals surface area contributed by atoms with Crippen molar-refractivity contribution in [3.63, 3.8) is 0 Å². The molecule has 1 aromatic heterocycles. The van der Waals surface area contributed by atoms with Crippen LogP contribution >= 0.6 is 11.6 Å². The van der Waals surface area contributed by atoms with Crippen LogP contribution < -0.4 is 10.6 Å². The van der Waals surface area contributed by atoms with Gasteiger partial charge in [0.2, 0.25) is 17.2 Å². The Morgan fingerprint density at radius 2 is 1.95 bits per heavy atom. The Morgan fingerprint density at radius 3 is 2.58 bits per heavy atom. The van der Waals surface area contributed by atoms with Gasteiger partial charge in [-0.2, -0.15) is 15.0 Å². The molecule has 0 aliphatic carbocycles. The van der Waals surface area contributed by atoms with Crippen molar-refractivity contribution in [2.24, 2.45) is 5.92 Å². The van der Waals surface area contributed by atoms with Crippen LogP contribution in [0.3, 0.4) is 0 Å². The summed E-state index contributed by atoms with van der Waals surface area (Å²) in [4.78, 5) is 12.4. The Morgan fingerprint density at radius 1 is 1.21 bits per heavy atom. The topological polar surface area (TPSA) is 72.0 Å². The van der Waals surface area contributed by atoms with Crippen LogP contribution in [0.1, 0.15) is 26.2 Å². The summed E-state index contributed by atoms with van der Waals surface area (Å²) >= 11 is 5.87. The molecule has 2 N–H and O–H groups in total. The smallest absolute Gasteiger partial charge is 0.228 e. The lowest BCUT2D eigenvalue weighted by atomic mass is 10.1. The van der Waals surface area contributed by atoms with E-state index in [0.717, 1.165) is 45.6 Å². The van der Waals surface area contributed by atoms with Crippen molar-refractivity contribution in [1.29, 1.82) is 0 Å². The molecular formula is C12H20ClN5O. The number of ether oxygens (including phenoxy) is 1. The van der Waals surface area contributed by atoms with Crippen molar-refractivity contribution < 1.29 is 4.74 Å². The first-order valence-electron chi connectivity index (χ1n) is 6.75. The monoisotopic (exact) mass is 285 g/mol. The van der Waals surface area contributed by atoms with Crippen LogP contribution in [-0.2, 0) is 4.74 Å². The summed E-state index contributed by atoms with van der Waals surface area (Å²) in [5.74, 6) is 1.69. The van der Waals surface area contributed by atoms with Gasteiger partial charge in [-0.25, -0.2) is 0 Å². The Labute approximate surface area is 118 Å². The summed E-state index contributed by atoms with van der Waals surface area (Å²) in [7, 11) is 0. The minimum Gasteiger partial charge on any atom is -0.381 e. The van der Waals surface area contributed by atoms with E-state index >= 15 is 0 Å². The molecule has 1 aliphatic heterocycles. The highest BCUT2D eigenvalue weighted by molar-refractivity contribution is 6.28. The van der Waals surface area contributed by atoms with Gasteiger partial charge in [0.05, 0.1) is 0 Å². The van der Waals surface area contributed by atoms with Gasteiger partial charge < -0.3 is 15.4 Å². The molecule has 1 aliphatic rings. The zero-order valence-corrected chi connectivity index (χ0v) is 11.9. The summed E-state index contributed by atoms with van der Waals surface area (Å²) in [5.41, 5.74) is 0. The molecule has 1 fully saturated rings. The molecule has 1 unspecified atom stereocenters. The van der Waals surface area contributed by atoms with Gasteiger partial charge in [0.25, 0.3) is 0 Å². The molecule has 0 radical (unpaired) electrons. The number of halogens is 1. The summed E-state index contributed by atoms with van der Waals surface area (Å²) < 4.78 is 5.34. The minimum absolute atomic E-state index is 0.209. The Balaban J connectivity index is 1.82. The van der Waals surface area contributed by atoms with E-state index in [1.807, 2.05) is 0 Å². The highest BCUT2D eigenvalue weighted by atomic mass is 35.5. The number of anilines is 2. The maximum Gasteiger partial charge on any atom is 0.228 e. The highest BCUT2D eigenvalue weighted by Gasteiger charge is 2.15. The van der Waals surface area contributed by atoms with E-state index in [1.165, 1.54) is 0 Å². The quantitative estimate of drug-likeness (QED) is 0.800. The predicted molar refractivity (Wildman–Crippen MR) is 75.7 cm³/mol. The van der Waals surface area contributed by atoms with Crippen LogP contribution in [0.4, 0.5) is 11.9 Å². The number of nitrogens with zero attached hydrogens (tertiary/aromatic N) is 3. The van der Waals surface area contributed by atoms with E-state index in [2.05, 4.69) is 32.5 Å². The number of aromatic nitrogens is 3. The third-order valence-corrected chi connectivity index (χ3v) is 3.17. The molecule has 106 valence electrons. The van der Waals surface area contributed by atoms with Crippen molar-refractivity contribution in [2.45, 2.75) is 26.2 Å². The number of hydrogen-bond acceptors (Lipinski definition) is 6. The minimum atomic E-state index is 0.209. The normalized spacial score (nSPS) is 18.5. The zero-order valence-electron chi connectivity index (χ0n) is 11.2. The van der Waals surface area contributed by atoms with Crippen LogP contribution in [-0.4, -0.2) is 41.3 Å². The second-order valence-electron chi connectivity index (χ2n) is 4.62. The van der Waals surface area contributed by atoms with Gasteiger partial charge >= 0.3 is 0 Å². The second kappa shape index (κ2) is 7.45. The van der Waals surface area contributed by atoms with E-state index in [4.69, 9.17) is 16.3 Å². The van der Waals surface area contributed by atoms with Gasteiger partial charge in [-0.3, -0.25) is 0 Å². The Hall–Kier alpha value is -1.14. The van der Waals surface area contributed by atoms with Gasteiger partial charge in [-0.1, -0.05) is 6.92 Å². The fourth-order valence-corrected chi connectivity index (χ4v) is 2.10. The van der Waals surface area contributed by atoms with Gasteiger partial charge in [-0.05, 0) is 36.8 Å². The van der Waals surface area contributed by atoms with E-state index in [-0.39, 0.29) is 5.28 Å². The molecule has 0 bridgehead atoms.